The summed E-state index contributed by atoms with van der Waals surface area (Å²) in [4.78, 5) is 6.76. The van der Waals surface area contributed by atoms with Gasteiger partial charge in [-0.15, -0.1) is 0 Å². The Balaban J connectivity index is 1.63. The molecule has 0 amide bonds. The van der Waals surface area contributed by atoms with Crippen LogP contribution in [0.1, 0.15) is 25.0 Å². The second-order valence-electron chi connectivity index (χ2n) is 8.35. The quantitative estimate of drug-likeness (QED) is 0.666. The number of amidine groups is 1. The topological polar surface area (TPSA) is 71.0 Å². The van der Waals surface area contributed by atoms with Gasteiger partial charge in [0, 0.05) is 23.7 Å². The highest BCUT2D eigenvalue weighted by atomic mass is 32.2. The van der Waals surface area contributed by atoms with Crippen LogP contribution in [0.15, 0.2) is 35.5 Å². The molecule has 0 aliphatic carbocycles. The highest BCUT2D eigenvalue weighted by Gasteiger charge is 2.47. The Morgan fingerprint density at radius 2 is 1.82 bits per heavy atom. The maximum atomic E-state index is 15.0. The van der Waals surface area contributed by atoms with Crippen LogP contribution in [0.5, 0.6) is 0 Å². The van der Waals surface area contributed by atoms with E-state index in [4.69, 9.17) is 4.84 Å². The number of benzene rings is 2. The summed E-state index contributed by atoms with van der Waals surface area (Å²) < 4.78 is 97.9. The maximum Gasteiger partial charge on any atom is 0.209 e. The summed E-state index contributed by atoms with van der Waals surface area (Å²) in [6.07, 6.45) is -0.353. The summed E-state index contributed by atoms with van der Waals surface area (Å²) in [6.45, 7) is 0.966. The average Bonchev–Trinajstić information content (AvgIpc) is 3.25. The number of likely N-dealkylation sites (tertiary alicyclic amines) is 1. The SMILES string of the molecule is C[C@@]1(F)CN(C2=NO[C@@H](c3c(F)cc(F)cc3-c3c(F)cccc3F)C2)C[C@@H]1NS(C)(=O)=O. The molecule has 0 saturated carbocycles. The van der Waals surface area contributed by atoms with Crippen LogP contribution >= 0.6 is 0 Å². The lowest BCUT2D eigenvalue weighted by Gasteiger charge is -2.20. The van der Waals surface area contributed by atoms with Gasteiger partial charge in [0.15, 0.2) is 6.10 Å². The summed E-state index contributed by atoms with van der Waals surface area (Å²) >= 11 is 0. The van der Waals surface area contributed by atoms with Crippen molar-refractivity contribution >= 4 is 15.9 Å². The molecule has 2 aromatic rings. The number of rotatable bonds is 4. The minimum absolute atomic E-state index is 0.0598. The van der Waals surface area contributed by atoms with E-state index < -0.39 is 56.7 Å². The van der Waals surface area contributed by atoms with Crippen molar-refractivity contribution in [3.05, 3.63) is 59.2 Å². The van der Waals surface area contributed by atoms with Crippen LogP contribution in [-0.2, 0) is 14.9 Å². The van der Waals surface area contributed by atoms with E-state index in [0.29, 0.717) is 6.07 Å². The maximum absolute atomic E-state index is 15.0. The largest absolute Gasteiger partial charge is 0.386 e. The molecule has 33 heavy (non-hydrogen) atoms. The van der Waals surface area contributed by atoms with Crippen LogP contribution in [0, 0.1) is 23.3 Å². The van der Waals surface area contributed by atoms with E-state index in [0.717, 1.165) is 30.5 Å². The summed E-state index contributed by atoms with van der Waals surface area (Å²) in [7, 11) is -3.68. The first-order valence-corrected chi connectivity index (χ1v) is 11.8. The molecule has 0 unspecified atom stereocenters. The van der Waals surface area contributed by atoms with E-state index in [2.05, 4.69) is 9.88 Å². The highest BCUT2D eigenvalue weighted by molar-refractivity contribution is 7.88. The average molecular weight is 489 g/mol. The molecule has 1 saturated heterocycles. The van der Waals surface area contributed by atoms with E-state index in [1.54, 1.807) is 0 Å². The Labute approximate surface area is 187 Å². The number of hydrogen-bond acceptors (Lipinski definition) is 5. The molecule has 4 rings (SSSR count). The standard InChI is InChI=1S/C21H20F5N3O3S/c1-21(26)10-29(9-17(21)28-33(2,30)31)18-8-16(32-27-18)20-12(6-11(22)7-15(20)25)19-13(23)4-3-5-14(19)24/h3-7,16-17,28H,8-10H2,1-2H3/t16-,17+,21-/m1/s1. The zero-order valence-electron chi connectivity index (χ0n) is 17.6. The van der Waals surface area contributed by atoms with Crippen molar-refractivity contribution in [1.29, 1.82) is 0 Å². The lowest BCUT2D eigenvalue weighted by molar-refractivity contribution is 0.0831. The fraction of sp³-hybridized carbons (Fsp3) is 0.381. The molecular formula is C21H20F5N3O3S. The Morgan fingerprint density at radius 3 is 2.45 bits per heavy atom. The van der Waals surface area contributed by atoms with Crippen molar-refractivity contribution in [1.82, 2.24) is 9.62 Å². The fourth-order valence-corrected chi connectivity index (χ4v) is 4.99. The molecule has 1 N–H and O–H groups in total. The van der Waals surface area contributed by atoms with Gasteiger partial charge in [0.05, 0.1) is 30.8 Å². The lowest BCUT2D eigenvalue weighted by atomic mass is 9.93. The van der Waals surface area contributed by atoms with Crippen molar-refractivity contribution in [3.63, 3.8) is 0 Å². The predicted molar refractivity (Wildman–Crippen MR) is 110 cm³/mol. The fourth-order valence-electron chi connectivity index (χ4n) is 4.15. The molecule has 2 heterocycles. The first-order valence-electron chi connectivity index (χ1n) is 9.93. The molecule has 178 valence electrons. The van der Waals surface area contributed by atoms with Gasteiger partial charge in [0.2, 0.25) is 10.0 Å². The Morgan fingerprint density at radius 1 is 1.15 bits per heavy atom. The van der Waals surface area contributed by atoms with Crippen molar-refractivity contribution < 1.29 is 35.2 Å². The zero-order chi connectivity index (χ0) is 24.1. The van der Waals surface area contributed by atoms with Crippen LogP contribution in [-0.4, -0.2) is 50.2 Å². The number of alkyl halides is 1. The Hall–Kier alpha value is -2.73. The monoisotopic (exact) mass is 489 g/mol. The third-order valence-corrected chi connectivity index (χ3v) is 6.37. The van der Waals surface area contributed by atoms with Gasteiger partial charge in [-0.25, -0.2) is 35.1 Å². The van der Waals surface area contributed by atoms with E-state index in [9.17, 15) is 30.4 Å². The van der Waals surface area contributed by atoms with Crippen LogP contribution in [0.25, 0.3) is 11.1 Å². The molecule has 0 radical (unpaired) electrons. The minimum Gasteiger partial charge on any atom is -0.386 e. The molecule has 0 aromatic heterocycles. The molecule has 3 atom stereocenters. The molecule has 12 heteroatoms. The Bertz CT molecular complexity index is 1220. The van der Waals surface area contributed by atoms with Gasteiger partial charge < -0.3 is 9.74 Å². The van der Waals surface area contributed by atoms with Crippen LogP contribution in [0.3, 0.4) is 0 Å². The van der Waals surface area contributed by atoms with E-state index in [-0.39, 0.29) is 36.5 Å². The minimum atomic E-state index is -3.68. The van der Waals surface area contributed by atoms with Crippen molar-refractivity contribution in [2.45, 2.75) is 31.2 Å². The first-order chi connectivity index (χ1) is 15.4. The molecule has 2 aliphatic rings. The number of nitrogens with one attached hydrogen (secondary N) is 1. The second-order valence-corrected chi connectivity index (χ2v) is 10.1. The third-order valence-electron chi connectivity index (χ3n) is 5.65. The zero-order valence-corrected chi connectivity index (χ0v) is 18.4. The molecule has 0 bridgehead atoms. The number of halogens is 5. The van der Waals surface area contributed by atoms with E-state index in [1.807, 2.05) is 0 Å². The molecule has 2 aliphatic heterocycles. The molecule has 2 aromatic carbocycles. The van der Waals surface area contributed by atoms with Crippen molar-refractivity contribution in [3.8, 4) is 11.1 Å². The van der Waals surface area contributed by atoms with Crippen molar-refractivity contribution in [2.24, 2.45) is 5.16 Å². The summed E-state index contributed by atoms with van der Waals surface area (Å²) in [5, 5.41) is 3.87. The Kier molecular flexibility index (Phi) is 5.85. The van der Waals surface area contributed by atoms with Gasteiger partial charge in [0.1, 0.15) is 34.8 Å². The third kappa shape index (κ3) is 4.67. The smallest absolute Gasteiger partial charge is 0.209 e. The van der Waals surface area contributed by atoms with Gasteiger partial charge in [-0.05, 0) is 25.1 Å². The van der Waals surface area contributed by atoms with Gasteiger partial charge in [-0.2, -0.15) is 0 Å². The summed E-state index contributed by atoms with van der Waals surface area (Å²) in [6, 6.07) is 3.37. The van der Waals surface area contributed by atoms with E-state index in [1.165, 1.54) is 11.8 Å². The lowest BCUT2D eigenvalue weighted by Crippen LogP contribution is -2.47. The van der Waals surface area contributed by atoms with Gasteiger partial charge in [0.25, 0.3) is 0 Å². The van der Waals surface area contributed by atoms with Gasteiger partial charge in [-0.1, -0.05) is 11.2 Å². The van der Waals surface area contributed by atoms with Crippen LogP contribution in [0.4, 0.5) is 22.0 Å². The highest BCUT2D eigenvalue weighted by Crippen LogP contribution is 2.40. The first kappa shape index (κ1) is 23.4. The summed E-state index contributed by atoms with van der Waals surface area (Å²) in [5.74, 6) is -3.94. The number of sulfonamides is 1. The molecule has 0 spiro atoms. The van der Waals surface area contributed by atoms with Gasteiger partial charge in [-0.3, -0.25) is 0 Å². The number of nitrogens with zero attached hydrogens (tertiary/aromatic N) is 2. The van der Waals surface area contributed by atoms with Crippen molar-refractivity contribution in [2.75, 3.05) is 19.3 Å². The summed E-state index contributed by atoms with van der Waals surface area (Å²) in [5.41, 5.74) is -3.20. The number of hydrogen-bond donors (Lipinski definition) is 1. The number of oxime groups is 1. The van der Waals surface area contributed by atoms with E-state index >= 15 is 0 Å². The van der Waals surface area contributed by atoms with Crippen LogP contribution < -0.4 is 4.72 Å². The normalized spacial score (nSPS) is 25.3. The molecular weight excluding hydrogens is 469 g/mol. The van der Waals surface area contributed by atoms with Gasteiger partial charge >= 0.3 is 0 Å². The molecule has 1 fully saturated rings. The van der Waals surface area contributed by atoms with Crippen LogP contribution in [0.2, 0.25) is 0 Å². The predicted octanol–water partition coefficient (Wildman–Crippen LogP) is 3.65. The molecule has 6 nitrogen and oxygen atoms in total. The second kappa shape index (κ2) is 8.24.